The van der Waals surface area contributed by atoms with Crippen molar-refractivity contribution >= 4 is 17.6 Å². The third-order valence-corrected chi connectivity index (χ3v) is 4.05. The quantitative estimate of drug-likeness (QED) is 0.894. The van der Waals surface area contributed by atoms with Crippen LogP contribution in [-0.4, -0.2) is 29.9 Å². The summed E-state index contributed by atoms with van der Waals surface area (Å²) in [4.78, 5) is 25.7. The minimum atomic E-state index is -0.195. The summed E-state index contributed by atoms with van der Waals surface area (Å²) in [5.74, 6) is 0.561. The van der Waals surface area contributed by atoms with E-state index in [1.54, 1.807) is 0 Å². The fourth-order valence-electron chi connectivity index (χ4n) is 2.75. The lowest BCUT2D eigenvalue weighted by atomic mass is 9.98. The first-order chi connectivity index (χ1) is 10.2. The van der Waals surface area contributed by atoms with Crippen LogP contribution in [0.25, 0.3) is 0 Å². The molecule has 1 aromatic carbocycles. The number of hydrogen-bond acceptors (Lipinski definition) is 2. The second-order valence-corrected chi connectivity index (χ2v) is 5.75. The highest BCUT2D eigenvalue weighted by atomic mass is 16.2. The number of benzene rings is 1. The molecule has 0 radical (unpaired) electrons. The van der Waals surface area contributed by atoms with Gasteiger partial charge >= 0.3 is 6.03 Å². The van der Waals surface area contributed by atoms with Crippen molar-refractivity contribution in [3.63, 3.8) is 0 Å². The molecule has 2 N–H and O–H groups in total. The molecule has 2 aliphatic rings. The van der Waals surface area contributed by atoms with Crippen LogP contribution in [0.2, 0.25) is 0 Å². The number of amides is 3. The van der Waals surface area contributed by atoms with Crippen molar-refractivity contribution in [2.75, 3.05) is 18.4 Å². The Labute approximate surface area is 124 Å². The van der Waals surface area contributed by atoms with Crippen molar-refractivity contribution < 1.29 is 9.59 Å². The molecule has 1 aliphatic carbocycles. The molecule has 1 heterocycles. The van der Waals surface area contributed by atoms with E-state index in [0.717, 1.165) is 37.1 Å². The Kier molecular flexibility index (Phi) is 3.82. The maximum atomic E-state index is 12.2. The first-order valence-corrected chi connectivity index (χ1v) is 7.63. The molecule has 1 aromatic rings. The number of nitrogens with one attached hydrogen (secondary N) is 2. The predicted octanol–water partition coefficient (Wildman–Crippen LogP) is 2.12. The van der Waals surface area contributed by atoms with E-state index in [9.17, 15) is 9.59 Å². The molecule has 3 rings (SSSR count). The molecule has 3 amide bonds. The van der Waals surface area contributed by atoms with Gasteiger partial charge in [0, 0.05) is 31.2 Å². The first kappa shape index (κ1) is 13.9. The topological polar surface area (TPSA) is 61.4 Å². The lowest BCUT2D eigenvalue weighted by Crippen LogP contribution is -2.37. The molecule has 0 spiro atoms. The Morgan fingerprint density at radius 1 is 1.29 bits per heavy atom. The van der Waals surface area contributed by atoms with Crippen LogP contribution in [-0.2, 0) is 17.8 Å². The van der Waals surface area contributed by atoms with Gasteiger partial charge in [0.1, 0.15) is 0 Å². The average Bonchev–Trinajstić information content (AvgIpc) is 3.30. The van der Waals surface area contributed by atoms with E-state index < -0.39 is 0 Å². The number of hydrogen-bond donors (Lipinski definition) is 2. The van der Waals surface area contributed by atoms with Crippen LogP contribution < -0.4 is 10.6 Å². The molecule has 5 heteroatoms. The van der Waals surface area contributed by atoms with Crippen molar-refractivity contribution in [1.29, 1.82) is 0 Å². The van der Waals surface area contributed by atoms with Crippen LogP contribution in [0.1, 0.15) is 30.9 Å². The molecule has 112 valence electrons. The highest BCUT2D eigenvalue weighted by Crippen LogP contribution is 2.33. The summed E-state index contributed by atoms with van der Waals surface area (Å²) in [5.41, 5.74) is 3.20. The van der Waals surface area contributed by atoms with Crippen molar-refractivity contribution in [3.05, 3.63) is 29.3 Å². The van der Waals surface area contributed by atoms with Gasteiger partial charge in [-0.15, -0.1) is 0 Å². The number of nitrogens with zero attached hydrogens (tertiary/aromatic N) is 1. The van der Waals surface area contributed by atoms with Gasteiger partial charge in [-0.2, -0.15) is 0 Å². The number of urea groups is 1. The first-order valence-electron chi connectivity index (χ1n) is 7.63. The summed E-state index contributed by atoms with van der Waals surface area (Å²) in [5, 5.41) is 5.53. The average molecular weight is 287 g/mol. The molecule has 0 saturated heterocycles. The van der Waals surface area contributed by atoms with E-state index >= 15 is 0 Å². The highest BCUT2D eigenvalue weighted by Gasteiger charge is 2.34. The summed E-state index contributed by atoms with van der Waals surface area (Å²) >= 11 is 0. The van der Waals surface area contributed by atoms with Gasteiger partial charge in [0.05, 0.1) is 0 Å². The van der Waals surface area contributed by atoms with E-state index in [4.69, 9.17) is 0 Å². The summed E-state index contributed by atoms with van der Waals surface area (Å²) in [7, 11) is 0. The van der Waals surface area contributed by atoms with Crippen LogP contribution in [0.5, 0.6) is 0 Å². The summed E-state index contributed by atoms with van der Waals surface area (Å²) in [6.45, 7) is 3.95. The zero-order valence-electron chi connectivity index (χ0n) is 12.3. The highest BCUT2D eigenvalue weighted by molar-refractivity contribution is 5.89. The maximum absolute atomic E-state index is 12.2. The Morgan fingerprint density at radius 3 is 2.81 bits per heavy atom. The third-order valence-electron chi connectivity index (χ3n) is 4.05. The molecule has 0 atom stereocenters. The molecular formula is C16H21N3O2. The van der Waals surface area contributed by atoms with Crippen LogP contribution in [0.4, 0.5) is 10.5 Å². The van der Waals surface area contributed by atoms with Gasteiger partial charge in [0.25, 0.3) is 0 Å². The van der Waals surface area contributed by atoms with Crippen LogP contribution in [0.15, 0.2) is 18.2 Å². The molecule has 5 nitrogen and oxygen atoms in total. The van der Waals surface area contributed by atoms with Gasteiger partial charge in [-0.05, 0) is 49.4 Å². The van der Waals surface area contributed by atoms with E-state index in [-0.39, 0.29) is 11.9 Å². The number of anilines is 1. The number of carbonyl (C=O) groups excluding carboxylic acids is 2. The van der Waals surface area contributed by atoms with Crippen LogP contribution >= 0.6 is 0 Å². The van der Waals surface area contributed by atoms with Gasteiger partial charge in [-0.25, -0.2) is 4.79 Å². The predicted molar refractivity (Wildman–Crippen MR) is 81.0 cm³/mol. The molecule has 0 aromatic heterocycles. The zero-order valence-corrected chi connectivity index (χ0v) is 12.3. The van der Waals surface area contributed by atoms with Gasteiger partial charge in [-0.1, -0.05) is 6.07 Å². The zero-order chi connectivity index (χ0) is 14.8. The Bertz CT molecular complexity index is 567. The van der Waals surface area contributed by atoms with Gasteiger partial charge in [0.2, 0.25) is 5.91 Å². The largest absolute Gasteiger partial charge is 0.338 e. The van der Waals surface area contributed by atoms with Crippen LogP contribution in [0, 0.1) is 5.92 Å². The van der Waals surface area contributed by atoms with E-state index in [1.165, 1.54) is 5.56 Å². The van der Waals surface area contributed by atoms with Crippen molar-refractivity contribution in [1.82, 2.24) is 10.2 Å². The molecule has 1 fully saturated rings. The number of fused-ring (bicyclic) bond motifs is 1. The fraction of sp³-hybridized carbons (Fsp3) is 0.500. The van der Waals surface area contributed by atoms with Gasteiger partial charge in [0.15, 0.2) is 0 Å². The molecule has 21 heavy (non-hydrogen) atoms. The van der Waals surface area contributed by atoms with Crippen LogP contribution in [0.3, 0.4) is 0 Å². The van der Waals surface area contributed by atoms with E-state index in [1.807, 2.05) is 24.0 Å². The summed E-state index contributed by atoms with van der Waals surface area (Å²) in [6.07, 6.45) is 2.98. The molecule has 1 aliphatic heterocycles. The Hall–Kier alpha value is -2.04. The smallest absolute Gasteiger partial charge is 0.319 e. The monoisotopic (exact) mass is 287 g/mol. The number of carbonyl (C=O) groups is 2. The third kappa shape index (κ3) is 3.17. The summed E-state index contributed by atoms with van der Waals surface area (Å²) in [6, 6.07) is 5.76. The van der Waals surface area contributed by atoms with Crippen molar-refractivity contribution in [3.8, 4) is 0 Å². The Morgan fingerprint density at radius 2 is 2.10 bits per heavy atom. The summed E-state index contributed by atoms with van der Waals surface area (Å²) < 4.78 is 0. The van der Waals surface area contributed by atoms with Gasteiger partial charge < -0.3 is 15.5 Å². The molecule has 1 saturated carbocycles. The Balaban J connectivity index is 1.70. The normalized spacial score (nSPS) is 17.1. The van der Waals surface area contributed by atoms with E-state index in [0.29, 0.717) is 19.0 Å². The lowest BCUT2D eigenvalue weighted by molar-refractivity contribution is -0.133. The SMILES string of the molecule is CCNC(=O)Nc1ccc2c(c1)CN(C(=O)C1CC1)CC2. The molecule has 0 unspecified atom stereocenters. The fourth-order valence-corrected chi connectivity index (χ4v) is 2.75. The molecular weight excluding hydrogens is 266 g/mol. The minimum absolute atomic E-state index is 0.195. The lowest BCUT2D eigenvalue weighted by Gasteiger charge is -2.29. The van der Waals surface area contributed by atoms with Crippen molar-refractivity contribution in [2.24, 2.45) is 5.92 Å². The number of rotatable bonds is 3. The second-order valence-electron chi connectivity index (χ2n) is 5.75. The van der Waals surface area contributed by atoms with E-state index in [2.05, 4.69) is 16.7 Å². The second kappa shape index (κ2) is 5.76. The molecule has 0 bridgehead atoms. The van der Waals surface area contributed by atoms with Crippen molar-refractivity contribution in [2.45, 2.75) is 32.7 Å². The van der Waals surface area contributed by atoms with Gasteiger partial charge in [-0.3, -0.25) is 4.79 Å². The standard InChI is InChI=1S/C16H21N3O2/c1-2-17-16(21)18-14-6-5-11-7-8-19(10-13(11)9-14)15(20)12-3-4-12/h5-6,9,12H,2-4,7-8,10H2,1H3,(H2,17,18,21). The minimum Gasteiger partial charge on any atom is -0.338 e. The maximum Gasteiger partial charge on any atom is 0.319 e.